The molecule has 490 valence electrons. The van der Waals surface area contributed by atoms with E-state index < -0.39 is 89.3 Å². The van der Waals surface area contributed by atoms with E-state index in [-0.39, 0.29) is 62.9 Å². The number of nitrogens with zero attached hydrogens (tertiary/aromatic N) is 2. The summed E-state index contributed by atoms with van der Waals surface area (Å²) in [6.45, 7) is 9.60. The van der Waals surface area contributed by atoms with E-state index in [4.69, 9.17) is 9.47 Å². The second kappa shape index (κ2) is 33.2. The summed E-state index contributed by atoms with van der Waals surface area (Å²) in [5, 5.41) is 21.4. The average molecular weight is 1290 g/mol. The van der Waals surface area contributed by atoms with E-state index in [1.165, 1.54) is 38.0 Å². The number of rotatable bonds is 11. The second-order valence-corrected chi connectivity index (χ2v) is 26.4. The molecule has 4 heterocycles. The minimum absolute atomic E-state index is 0.00887. The number of nitrogens with one attached hydrogen (secondary N) is 8. The smallest absolute Gasteiger partial charge is 0.246 e. The van der Waals surface area contributed by atoms with Crippen molar-refractivity contribution in [2.24, 2.45) is 0 Å². The fraction of sp³-hybridized carbons (Fsp3) is 0.500. The number of amides is 8. The molecule has 3 aliphatic rings. The molecule has 8 amide bonds. The Morgan fingerprint density at radius 3 is 2.12 bits per heavy atom. The van der Waals surface area contributed by atoms with Crippen molar-refractivity contribution in [2.75, 3.05) is 51.9 Å². The molecule has 91 heavy (non-hydrogen) atoms. The van der Waals surface area contributed by atoms with Crippen LogP contribution in [0.1, 0.15) is 107 Å². The molecule has 8 N–H and O–H groups in total. The summed E-state index contributed by atoms with van der Waals surface area (Å²) in [5.41, 5.74) is 4.73. The highest BCUT2D eigenvalue weighted by molar-refractivity contribution is 7.98. The molecule has 0 saturated carbocycles. The normalized spacial score (nSPS) is 25.0. The third-order valence-corrected chi connectivity index (χ3v) is 19.5. The maximum absolute atomic E-state index is 15.4. The van der Waals surface area contributed by atoms with Crippen molar-refractivity contribution in [2.45, 2.75) is 164 Å². The Morgan fingerprint density at radius 2 is 1.38 bits per heavy atom. The summed E-state index contributed by atoms with van der Waals surface area (Å²) < 4.78 is 26.2. The van der Waals surface area contributed by atoms with Crippen molar-refractivity contribution in [3.05, 3.63) is 136 Å². The molecule has 2 bridgehead atoms. The Hall–Kier alpha value is -7.47. The van der Waals surface area contributed by atoms with Crippen molar-refractivity contribution in [1.29, 1.82) is 0 Å². The molecule has 4 aromatic carbocycles. The lowest BCUT2D eigenvalue weighted by molar-refractivity contribution is -0.145. The molecule has 0 radical (unpaired) electrons. The van der Waals surface area contributed by atoms with E-state index in [1.54, 1.807) is 54.7 Å². The van der Waals surface area contributed by atoms with Crippen LogP contribution >= 0.6 is 23.5 Å². The van der Waals surface area contributed by atoms with Gasteiger partial charge in [-0.05, 0) is 130 Å². The molecular formula is C68H89FN10O10S2. The van der Waals surface area contributed by atoms with Crippen LogP contribution in [-0.2, 0) is 80.3 Å². The largest absolute Gasteiger partial charge is 0.497 e. The van der Waals surface area contributed by atoms with Gasteiger partial charge in [-0.1, -0.05) is 74.0 Å². The van der Waals surface area contributed by atoms with Crippen molar-refractivity contribution in [1.82, 2.24) is 52.0 Å². The number of aromatic nitrogens is 1. The van der Waals surface area contributed by atoms with Crippen LogP contribution in [0.4, 0.5) is 4.39 Å². The van der Waals surface area contributed by atoms with Gasteiger partial charge in [-0.25, -0.2) is 4.39 Å². The van der Waals surface area contributed by atoms with E-state index in [9.17, 15) is 28.4 Å². The van der Waals surface area contributed by atoms with Gasteiger partial charge in [-0.15, -0.1) is 0 Å². The third-order valence-electron chi connectivity index (χ3n) is 17.4. The number of aryl methyl sites for hydroxylation is 1. The Bertz CT molecular complexity index is 3350. The van der Waals surface area contributed by atoms with Gasteiger partial charge in [0.2, 0.25) is 47.3 Å². The van der Waals surface area contributed by atoms with Gasteiger partial charge in [-0.2, -0.15) is 23.5 Å². The van der Waals surface area contributed by atoms with Crippen LogP contribution in [0.5, 0.6) is 5.75 Å². The number of benzene rings is 4. The van der Waals surface area contributed by atoms with Gasteiger partial charge in [0.15, 0.2) is 0 Å². The highest BCUT2D eigenvalue weighted by Crippen LogP contribution is 2.31. The lowest BCUT2D eigenvalue weighted by atomic mass is 9.95. The summed E-state index contributed by atoms with van der Waals surface area (Å²) in [6.07, 6.45) is 4.68. The van der Waals surface area contributed by atoms with Crippen LogP contribution in [0, 0.1) is 5.82 Å². The fourth-order valence-electron chi connectivity index (χ4n) is 12.1. The molecule has 9 atom stereocenters. The number of H-pyrrole nitrogens is 1. The predicted octanol–water partition coefficient (Wildman–Crippen LogP) is 5.81. The van der Waals surface area contributed by atoms with Crippen molar-refractivity contribution < 1.29 is 52.2 Å². The summed E-state index contributed by atoms with van der Waals surface area (Å²) in [5.74, 6) is -1.38. The van der Waals surface area contributed by atoms with Gasteiger partial charge < -0.3 is 61.5 Å². The number of aromatic amines is 1. The monoisotopic (exact) mass is 1290 g/mol. The summed E-state index contributed by atoms with van der Waals surface area (Å²) in [4.78, 5) is 122. The molecule has 20 nitrogen and oxygen atoms in total. The zero-order valence-corrected chi connectivity index (χ0v) is 54.9. The number of thioether (sulfide) groups is 2. The first-order valence-corrected chi connectivity index (χ1v) is 33.9. The molecule has 1 unspecified atom stereocenters. The third kappa shape index (κ3) is 18.8. The van der Waals surface area contributed by atoms with E-state index in [0.717, 1.165) is 40.7 Å². The minimum atomic E-state index is -1.35. The number of carbonyl (C=O) groups excluding carboxylic acids is 8. The van der Waals surface area contributed by atoms with Crippen molar-refractivity contribution in [3.63, 3.8) is 0 Å². The first kappa shape index (κ1) is 69.4. The molecule has 1 aromatic heterocycles. The van der Waals surface area contributed by atoms with Crippen molar-refractivity contribution >= 4 is 81.7 Å². The molecule has 23 heteroatoms. The van der Waals surface area contributed by atoms with E-state index in [1.807, 2.05) is 67.6 Å². The molecule has 8 rings (SSSR count). The second-order valence-electron chi connectivity index (χ2n) is 24.2. The number of methoxy groups -OCH3 is 2. The zero-order chi connectivity index (χ0) is 65.2. The SMILES string of the molecule is CCCc1cccc(C[C@@H]2NC(=O)[C@@H](C)NC(=O)[C@H](C)NC(=O)CCSCc3cccc(c3)CSCCNC(=O)[C@]3(C)CCCN3C(=O)[C@H](Cc3ccc(OC)cc3)NC[C@H]([C@@H](C)OC)NC(=O)C3CCCN3C(=O)[C@H](Cc3c[nH]c4ccc(F)cc34)NC2=O)c1. The highest BCUT2D eigenvalue weighted by atomic mass is 32.2. The van der Waals surface area contributed by atoms with Crippen LogP contribution < -0.4 is 42.0 Å². The maximum Gasteiger partial charge on any atom is 0.246 e. The van der Waals surface area contributed by atoms with E-state index >= 15 is 14.4 Å². The summed E-state index contributed by atoms with van der Waals surface area (Å²) >= 11 is 3.26. The van der Waals surface area contributed by atoms with Gasteiger partial charge in [-0.3, -0.25) is 38.4 Å². The maximum atomic E-state index is 15.4. The van der Waals surface area contributed by atoms with Gasteiger partial charge in [0.05, 0.1) is 25.3 Å². The molecule has 0 aliphatic carbocycles. The molecule has 5 aromatic rings. The standard InChI is InChI=1S/C68H89FN10O10S2/c1-8-13-45-14-9-15-47(32-45)35-55-63(83)76-57(36-50-38-71-54-24-21-51(69)37-53(50)54)65(85)78-28-11-18-59(78)64(84)77-58(44(4)88-6)39-72-56(34-46-19-22-52(89-7)23-20-46)66(86)79-29-12-26-68(79,5)67(87)70-27-31-91-41-49-17-10-16-48(33-49)40-90-30-25-60(80)73-42(2)61(81)74-43(3)62(82)75-55/h9-10,14-17,19-24,32-33,37-38,42-44,55-59,71-72H,8,11-13,18,25-31,34-36,39-41H2,1-7H3,(H,70,87)(H,73,80)(H,74,81)(H,75,82)(H,76,83)(H,77,84)/t42-,43+,44+,55-,56-,57-,58+,59?,68-/m0/s1. The molecule has 0 spiro atoms. The number of hydrogen-bond acceptors (Lipinski definition) is 13. The number of hydrogen-bond donors (Lipinski definition) is 8. The topological polar surface area (TPSA) is 262 Å². The van der Waals surface area contributed by atoms with Crippen LogP contribution in [0.15, 0.2) is 97.2 Å². The van der Waals surface area contributed by atoms with Crippen LogP contribution in [-0.4, -0.2) is 168 Å². The first-order valence-electron chi connectivity index (χ1n) is 31.6. The first-order chi connectivity index (χ1) is 43.8. The minimum Gasteiger partial charge on any atom is -0.497 e. The van der Waals surface area contributed by atoms with Gasteiger partial charge >= 0.3 is 0 Å². The van der Waals surface area contributed by atoms with Crippen LogP contribution in [0.3, 0.4) is 0 Å². The Labute approximate surface area is 541 Å². The number of carbonyl (C=O) groups is 8. The lowest BCUT2D eigenvalue weighted by Crippen LogP contribution is -2.62. The number of halogens is 1. The predicted molar refractivity (Wildman–Crippen MR) is 353 cm³/mol. The Balaban J connectivity index is 1.09. The van der Waals surface area contributed by atoms with Gasteiger partial charge in [0.1, 0.15) is 47.3 Å². The van der Waals surface area contributed by atoms with E-state index in [2.05, 4.69) is 61.3 Å². The zero-order valence-electron chi connectivity index (χ0n) is 53.3. The van der Waals surface area contributed by atoms with Crippen LogP contribution in [0.25, 0.3) is 10.9 Å². The molecule has 2 saturated heterocycles. The quantitative estimate of drug-likeness (QED) is 0.0778. The van der Waals surface area contributed by atoms with Gasteiger partial charge in [0, 0.05) is 92.7 Å². The van der Waals surface area contributed by atoms with E-state index in [0.29, 0.717) is 77.6 Å². The molecule has 3 aliphatic heterocycles. The fourth-order valence-corrected chi connectivity index (χ4v) is 13.7. The van der Waals surface area contributed by atoms with Gasteiger partial charge in [0.25, 0.3) is 0 Å². The summed E-state index contributed by atoms with van der Waals surface area (Å²) in [7, 11) is 3.09. The van der Waals surface area contributed by atoms with Crippen LogP contribution in [0.2, 0.25) is 0 Å². The number of fused-ring (bicyclic) bond motifs is 5. The van der Waals surface area contributed by atoms with Crippen molar-refractivity contribution in [3.8, 4) is 5.75 Å². The Morgan fingerprint density at radius 1 is 0.692 bits per heavy atom. The Kier molecular flexibility index (Phi) is 25.3. The molecule has 2 fully saturated rings. The number of ether oxygens (including phenoxy) is 2. The highest BCUT2D eigenvalue weighted by Gasteiger charge is 2.47. The summed E-state index contributed by atoms with van der Waals surface area (Å²) in [6, 6.07) is 20.0. The molecular weight excluding hydrogens is 1200 g/mol. The average Bonchev–Trinajstić information content (AvgIpc) is 1.77. The lowest BCUT2D eigenvalue weighted by Gasteiger charge is -2.37.